The van der Waals surface area contributed by atoms with Gasteiger partial charge < -0.3 is 5.73 Å². The van der Waals surface area contributed by atoms with E-state index in [4.69, 9.17) is 5.73 Å². The quantitative estimate of drug-likeness (QED) is 0.627. The van der Waals surface area contributed by atoms with E-state index < -0.39 is 0 Å². The smallest absolute Gasteiger partial charge is 0.253 e. The Bertz CT molecular complexity index is 245. The van der Waals surface area contributed by atoms with Crippen LogP contribution in [-0.2, 0) is 9.59 Å². The summed E-state index contributed by atoms with van der Waals surface area (Å²) in [7, 11) is 0. The second-order valence-corrected chi connectivity index (χ2v) is 3.90. The van der Waals surface area contributed by atoms with E-state index in [1.165, 1.54) is 17.1 Å². The molecule has 1 heterocycles. The van der Waals surface area contributed by atoms with E-state index in [-0.39, 0.29) is 17.4 Å². The maximum atomic E-state index is 11.1. The molecule has 4 nitrogen and oxygen atoms in total. The maximum absolute atomic E-state index is 11.1. The molecule has 0 radical (unpaired) electrons. The van der Waals surface area contributed by atoms with Crippen LogP contribution in [0.2, 0.25) is 0 Å². The molecule has 0 spiro atoms. The fraction of sp³-hybridized carbons (Fsp3) is 0.556. The van der Waals surface area contributed by atoms with Crippen molar-refractivity contribution < 1.29 is 9.59 Å². The molecular weight excluding hydrogens is 168 g/mol. The van der Waals surface area contributed by atoms with Crippen LogP contribution in [0, 0.1) is 0 Å². The van der Waals surface area contributed by atoms with Crippen molar-refractivity contribution in [2.75, 3.05) is 6.54 Å². The average molecular weight is 182 g/mol. The highest BCUT2D eigenvalue weighted by molar-refractivity contribution is 6.12. The number of carbonyl (C=O) groups is 2. The van der Waals surface area contributed by atoms with Gasteiger partial charge in [0.15, 0.2) is 0 Å². The van der Waals surface area contributed by atoms with Crippen molar-refractivity contribution in [1.29, 1.82) is 0 Å². The van der Waals surface area contributed by atoms with Crippen molar-refractivity contribution in [1.82, 2.24) is 4.90 Å². The molecule has 0 bridgehead atoms. The summed E-state index contributed by atoms with van der Waals surface area (Å²) in [6, 6.07) is 0. The second-order valence-electron chi connectivity index (χ2n) is 3.90. The molecule has 0 atom stereocenters. The zero-order valence-electron chi connectivity index (χ0n) is 7.91. The molecule has 0 saturated carbocycles. The van der Waals surface area contributed by atoms with Crippen molar-refractivity contribution >= 4 is 11.8 Å². The van der Waals surface area contributed by atoms with Crippen molar-refractivity contribution in [3.63, 3.8) is 0 Å². The minimum absolute atomic E-state index is 0.241. The van der Waals surface area contributed by atoms with Gasteiger partial charge in [0.1, 0.15) is 0 Å². The minimum Gasteiger partial charge on any atom is -0.325 e. The molecule has 1 aliphatic heterocycles. The highest BCUT2D eigenvalue weighted by atomic mass is 16.2. The molecule has 2 N–H and O–H groups in total. The third-order valence-corrected chi connectivity index (χ3v) is 1.88. The Morgan fingerprint density at radius 3 is 2.15 bits per heavy atom. The average Bonchev–Trinajstić information content (AvgIpc) is 2.27. The summed E-state index contributed by atoms with van der Waals surface area (Å²) in [4.78, 5) is 23.4. The Labute approximate surface area is 77.4 Å². The zero-order chi connectivity index (χ0) is 10.1. The summed E-state index contributed by atoms with van der Waals surface area (Å²) in [6.07, 6.45) is 3.18. The molecule has 0 saturated heterocycles. The summed E-state index contributed by atoms with van der Waals surface area (Å²) in [5.74, 6) is -0.483. The van der Waals surface area contributed by atoms with Crippen LogP contribution in [-0.4, -0.2) is 28.8 Å². The molecular formula is C9H14N2O2. The van der Waals surface area contributed by atoms with Gasteiger partial charge in [-0.05, 0) is 20.3 Å². The summed E-state index contributed by atoms with van der Waals surface area (Å²) < 4.78 is 0. The maximum Gasteiger partial charge on any atom is 0.253 e. The van der Waals surface area contributed by atoms with Crippen LogP contribution in [0.25, 0.3) is 0 Å². The van der Waals surface area contributed by atoms with Gasteiger partial charge in [0.05, 0.1) is 0 Å². The van der Waals surface area contributed by atoms with E-state index in [1.54, 1.807) is 0 Å². The third-order valence-electron chi connectivity index (χ3n) is 1.88. The third kappa shape index (κ3) is 2.66. The first kappa shape index (κ1) is 9.92. The monoisotopic (exact) mass is 182 g/mol. The van der Waals surface area contributed by atoms with Crippen LogP contribution < -0.4 is 5.73 Å². The van der Waals surface area contributed by atoms with Crippen molar-refractivity contribution in [3.05, 3.63) is 12.2 Å². The standard InChI is InChI=1S/C9H14N2O2/c1-9(2,10)5-6-11-7(12)3-4-8(11)13/h3-4H,5-6,10H2,1-2H3. The Morgan fingerprint density at radius 1 is 1.31 bits per heavy atom. The summed E-state index contributed by atoms with van der Waals surface area (Å²) >= 11 is 0. The van der Waals surface area contributed by atoms with Crippen LogP contribution in [0.1, 0.15) is 20.3 Å². The number of nitrogens with zero attached hydrogens (tertiary/aromatic N) is 1. The Morgan fingerprint density at radius 2 is 1.77 bits per heavy atom. The van der Waals surface area contributed by atoms with Crippen LogP contribution in [0.15, 0.2) is 12.2 Å². The Kier molecular flexibility index (Phi) is 2.52. The van der Waals surface area contributed by atoms with Crippen molar-refractivity contribution in [2.45, 2.75) is 25.8 Å². The van der Waals surface area contributed by atoms with Crippen LogP contribution in [0.3, 0.4) is 0 Å². The van der Waals surface area contributed by atoms with Crippen molar-refractivity contribution in [2.24, 2.45) is 5.73 Å². The first-order chi connectivity index (χ1) is 5.90. The number of imide groups is 1. The molecule has 1 rings (SSSR count). The predicted octanol–water partition coefficient (Wildman–Crippen LogP) is 0.0388. The lowest BCUT2D eigenvalue weighted by Gasteiger charge is -2.21. The SMILES string of the molecule is CC(C)(N)CCN1C(=O)C=CC1=O. The molecule has 2 amide bonds. The molecule has 0 aromatic heterocycles. The van der Waals surface area contributed by atoms with Gasteiger partial charge in [-0.1, -0.05) is 0 Å². The topological polar surface area (TPSA) is 63.4 Å². The number of hydrogen-bond acceptors (Lipinski definition) is 3. The molecule has 72 valence electrons. The van der Waals surface area contributed by atoms with E-state index in [1.807, 2.05) is 13.8 Å². The second kappa shape index (κ2) is 3.30. The van der Waals surface area contributed by atoms with Gasteiger partial charge in [-0.3, -0.25) is 14.5 Å². The van der Waals surface area contributed by atoms with Gasteiger partial charge in [-0.25, -0.2) is 0 Å². The number of hydrogen-bond donors (Lipinski definition) is 1. The highest BCUT2D eigenvalue weighted by Crippen LogP contribution is 2.09. The van der Waals surface area contributed by atoms with Gasteiger partial charge >= 0.3 is 0 Å². The number of carbonyl (C=O) groups excluding carboxylic acids is 2. The van der Waals surface area contributed by atoms with E-state index >= 15 is 0 Å². The summed E-state index contributed by atoms with van der Waals surface area (Å²) in [5, 5.41) is 0. The molecule has 4 heteroatoms. The zero-order valence-corrected chi connectivity index (χ0v) is 7.91. The van der Waals surface area contributed by atoms with Gasteiger partial charge in [-0.15, -0.1) is 0 Å². The van der Waals surface area contributed by atoms with E-state index in [0.29, 0.717) is 13.0 Å². The molecule has 1 aliphatic rings. The molecule has 13 heavy (non-hydrogen) atoms. The molecule has 0 aromatic carbocycles. The number of amides is 2. The lowest BCUT2D eigenvalue weighted by Crippen LogP contribution is -2.39. The fourth-order valence-corrected chi connectivity index (χ4v) is 1.05. The van der Waals surface area contributed by atoms with E-state index in [2.05, 4.69) is 0 Å². The van der Waals surface area contributed by atoms with Crippen molar-refractivity contribution in [3.8, 4) is 0 Å². The van der Waals surface area contributed by atoms with Gasteiger partial charge in [-0.2, -0.15) is 0 Å². The van der Waals surface area contributed by atoms with Gasteiger partial charge in [0.2, 0.25) is 0 Å². The van der Waals surface area contributed by atoms with Crippen LogP contribution in [0.5, 0.6) is 0 Å². The lowest BCUT2D eigenvalue weighted by molar-refractivity contribution is -0.136. The first-order valence-electron chi connectivity index (χ1n) is 4.22. The highest BCUT2D eigenvalue weighted by Gasteiger charge is 2.24. The van der Waals surface area contributed by atoms with E-state index in [9.17, 15) is 9.59 Å². The van der Waals surface area contributed by atoms with E-state index in [0.717, 1.165) is 0 Å². The van der Waals surface area contributed by atoms with Crippen LogP contribution >= 0.6 is 0 Å². The summed E-state index contributed by atoms with van der Waals surface area (Å²) in [6.45, 7) is 4.13. The molecule has 0 aromatic rings. The summed E-state index contributed by atoms with van der Waals surface area (Å²) in [5.41, 5.74) is 5.39. The normalized spacial score (nSPS) is 17.3. The molecule has 0 aliphatic carbocycles. The first-order valence-corrected chi connectivity index (χ1v) is 4.22. The number of rotatable bonds is 3. The fourth-order valence-electron chi connectivity index (χ4n) is 1.05. The lowest BCUT2D eigenvalue weighted by atomic mass is 10.0. The minimum atomic E-state index is -0.344. The van der Waals surface area contributed by atoms with Crippen LogP contribution in [0.4, 0.5) is 0 Å². The Balaban J connectivity index is 2.47. The largest absolute Gasteiger partial charge is 0.325 e. The van der Waals surface area contributed by atoms with Gasteiger partial charge in [0.25, 0.3) is 11.8 Å². The predicted molar refractivity (Wildman–Crippen MR) is 48.7 cm³/mol. The molecule has 0 fully saturated rings. The van der Waals surface area contributed by atoms with Gasteiger partial charge in [0, 0.05) is 24.2 Å². The Hall–Kier alpha value is -1.16. The number of nitrogens with two attached hydrogens (primary N) is 1. The molecule has 0 unspecified atom stereocenters.